The van der Waals surface area contributed by atoms with Crippen LogP contribution in [0.2, 0.25) is 0 Å². The molecule has 0 saturated heterocycles. The lowest BCUT2D eigenvalue weighted by molar-refractivity contribution is -0.116. The molecule has 4 aromatic rings. The predicted molar refractivity (Wildman–Crippen MR) is 134 cm³/mol. The van der Waals surface area contributed by atoms with E-state index in [9.17, 15) is 10.1 Å². The number of nitriles is 1. The normalized spacial score (nSPS) is 22.8. The summed E-state index contributed by atoms with van der Waals surface area (Å²) in [5, 5.41) is 21.4. The van der Waals surface area contributed by atoms with E-state index in [4.69, 9.17) is 11.4 Å². The van der Waals surface area contributed by atoms with Crippen LogP contribution >= 0.6 is 0 Å². The average Bonchev–Trinajstić information content (AvgIpc) is 3.59. The molecule has 0 aliphatic heterocycles. The third kappa shape index (κ3) is 3.72. The summed E-state index contributed by atoms with van der Waals surface area (Å²) < 4.78 is 3.52. The number of hydrogen-bond acceptors (Lipinski definition) is 5. The largest absolute Gasteiger partial charge is 0.343 e. The van der Waals surface area contributed by atoms with Crippen molar-refractivity contribution >= 4 is 11.4 Å². The summed E-state index contributed by atoms with van der Waals surface area (Å²) in [6.45, 7) is 0. The first-order valence-electron chi connectivity index (χ1n) is 12.2. The van der Waals surface area contributed by atoms with Gasteiger partial charge in [0.2, 0.25) is 0 Å². The van der Waals surface area contributed by atoms with Gasteiger partial charge in [-0.2, -0.15) is 15.5 Å². The second-order valence-electron chi connectivity index (χ2n) is 9.89. The number of carbonyl (C=O) groups is 1. The molecule has 8 heteroatoms. The highest BCUT2D eigenvalue weighted by Crippen LogP contribution is 2.51. The van der Waals surface area contributed by atoms with Crippen LogP contribution in [0.1, 0.15) is 42.9 Å². The highest BCUT2D eigenvalue weighted by molar-refractivity contribution is 5.93. The Morgan fingerprint density at radius 2 is 1.89 bits per heavy atom. The van der Waals surface area contributed by atoms with Crippen molar-refractivity contribution in [2.24, 2.45) is 18.9 Å². The van der Waals surface area contributed by atoms with Gasteiger partial charge in [0, 0.05) is 65.5 Å². The van der Waals surface area contributed by atoms with E-state index in [1.54, 1.807) is 15.4 Å². The molecule has 2 unspecified atom stereocenters. The number of fused-ring (bicyclic) bond motifs is 3. The van der Waals surface area contributed by atoms with E-state index >= 15 is 0 Å². The fourth-order valence-electron chi connectivity index (χ4n) is 6.27. The van der Waals surface area contributed by atoms with E-state index in [-0.39, 0.29) is 11.9 Å². The van der Waals surface area contributed by atoms with Crippen LogP contribution in [0.5, 0.6) is 0 Å². The van der Waals surface area contributed by atoms with Crippen molar-refractivity contribution in [3.8, 4) is 40.7 Å². The molecule has 2 bridgehead atoms. The minimum absolute atomic E-state index is 0.149. The number of hydrogen-bond donors (Lipinski definition) is 1. The van der Waals surface area contributed by atoms with Gasteiger partial charge < -0.3 is 5.32 Å². The van der Waals surface area contributed by atoms with E-state index in [2.05, 4.69) is 45.7 Å². The van der Waals surface area contributed by atoms with Crippen LogP contribution < -0.4 is 5.32 Å². The minimum Gasteiger partial charge on any atom is -0.343 e. The summed E-state index contributed by atoms with van der Waals surface area (Å²) in [5.41, 5.74) is 6.18. The van der Waals surface area contributed by atoms with Gasteiger partial charge in [-0.25, -0.2) is 4.52 Å². The van der Waals surface area contributed by atoms with Gasteiger partial charge in [0.15, 0.2) is 0 Å². The molecule has 2 fully saturated rings. The summed E-state index contributed by atoms with van der Waals surface area (Å²) in [4.78, 5) is 16.6. The smallest absolute Gasteiger partial charge is 0.295 e. The van der Waals surface area contributed by atoms with E-state index in [1.807, 2.05) is 31.8 Å². The lowest BCUT2D eigenvalue weighted by atomic mass is 9.74. The first-order valence-corrected chi connectivity index (χ1v) is 12.2. The molecule has 2 aliphatic carbocycles. The summed E-state index contributed by atoms with van der Waals surface area (Å²) in [7, 11) is 1.89. The number of pyridine rings is 2. The molecule has 1 amide bonds. The van der Waals surface area contributed by atoms with Gasteiger partial charge in [-0.15, -0.1) is 6.42 Å². The Labute approximate surface area is 209 Å². The maximum atomic E-state index is 11.7. The number of aromatic nitrogens is 5. The molecule has 0 spiro atoms. The predicted octanol–water partition coefficient (Wildman–Crippen LogP) is 3.69. The van der Waals surface area contributed by atoms with Crippen LogP contribution in [0.25, 0.3) is 27.8 Å². The monoisotopic (exact) mass is 475 g/mol. The van der Waals surface area contributed by atoms with Crippen LogP contribution in [0.3, 0.4) is 0 Å². The van der Waals surface area contributed by atoms with Gasteiger partial charge in [-0.05, 0) is 55.6 Å². The van der Waals surface area contributed by atoms with E-state index < -0.39 is 0 Å². The van der Waals surface area contributed by atoms with E-state index in [0.29, 0.717) is 23.3 Å². The number of carbonyl (C=O) groups excluding carboxylic acids is 1. The Kier molecular flexibility index (Phi) is 5.30. The molecule has 4 aromatic heterocycles. The molecule has 4 heterocycles. The molecule has 0 radical (unpaired) electrons. The number of terminal acetylenes is 1. The average molecular weight is 476 g/mol. The van der Waals surface area contributed by atoms with Crippen LogP contribution in [0, 0.1) is 35.5 Å². The maximum absolute atomic E-state index is 11.7. The van der Waals surface area contributed by atoms with Gasteiger partial charge in [0.05, 0.1) is 23.5 Å². The molecular formula is C28H25N7O. The molecule has 6 rings (SSSR count). The number of aryl methyl sites for hydroxylation is 1. The third-order valence-corrected chi connectivity index (χ3v) is 7.77. The summed E-state index contributed by atoms with van der Waals surface area (Å²) in [6, 6.07) is 8.72. The van der Waals surface area contributed by atoms with Gasteiger partial charge >= 0.3 is 0 Å². The number of amides is 1. The first-order chi connectivity index (χ1) is 17.5. The zero-order valence-electron chi connectivity index (χ0n) is 19.9. The topological polar surface area (TPSA) is 101 Å². The SMILES string of the molecule is C#CC(=O)NC1CC2CCC(C1)C2c1ccc(-c2cc(-c3cnn(C)c3)cn3ncc(C#N)c23)cn1. The number of nitrogens with one attached hydrogen (secondary N) is 1. The quantitative estimate of drug-likeness (QED) is 0.454. The molecule has 8 nitrogen and oxygen atoms in total. The minimum atomic E-state index is -0.322. The molecule has 2 aliphatic rings. The van der Waals surface area contributed by atoms with E-state index in [1.165, 1.54) is 0 Å². The van der Waals surface area contributed by atoms with Gasteiger partial charge in [-0.1, -0.05) is 6.07 Å². The molecule has 2 saturated carbocycles. The number of nitrogens with zero attached hydrogens (tertiary/aromatic N) is 6. The van der Waals surface area contributed by atoms with Crippen molar-refractivity contribution in [2.75, 3.05) is 0 Å². The maximum Gasteiger partial charge on any atom is 0.295 e. The van der Waals surface area contributed by atoms with Crippen molar-refractivity contribution in [3.05, 3.63) is 60.4 Å². The summed E-state index contributed by atoms with van der Waals surface area (Å²) in [6.07, 6.45) is 18.6. The molecule has 1 N–H and O–H groups in total. The van der Waals surface area contributed by atoms with Crippen LogP contribution in [0.4, 0.5) is 0 Å². The Balaban J connectivity index is 1.34. The second kappa shape index (κ2) is 8.66. The fraction of sp³-hybridized carbons (Fsp3) is 0.321. The summed E-state index contributed by atoms with van der Waals surface area (Å²) in [5.74, 6) is 3.22. The van der Waals surface area contributed by atoms with Crippen molar-refractivity contribution in [2.45, 2.75) is 37.6 Å². The Morgan fingerprint density at radius 3 is 2.53 bits per heavy atom. The Morgan fingerprint density at radius 1 is 1.08 bits per heavy atom. The first kappa shape index (κ1) is 22.1. The van der Waals surface area contributed by atoms with Gasteiger partial charge in [-0.3, -0.25) is 14.5 Å². The summed E-state index contributed by atoms with van der Waals surface area (Å²) >= 11 is 0. The van der Waals surface area contributed by atoms with E-state index in [0.717, 1.165) is 59.1 Å². The van der Waals surface area contributed by atoms with Crippen molar-refractivity contribution in [3.63, 3.8) is 0 Å². The zero-order chi connectivity index (χ0) is 24.8. The Bertz CT molecular complexity index is 1540. The van der Waals surface area contributed by atoms with Crippen molar-refractivity contribution < 1.29 is 4.79 Å². The molecule has 0 aromatic carbocycles. The highest BCUT2D eigenvalue weighted by atomic mass is 16.1. The zero-order valence-corrected chi connectivity index (χ0v) is 19.9. The van der Waals surface area contributed by atoms with Crippen LogP contribution in [-0.2, 0) is 11.8 Å². The molecule has 178 valence electrons. The fourth-order valence-corrected chi connectivity index (χ4v) is 6.27. The lowest BCUT2D eigenvalue weighted by Crippen LogP contribution is -2.40. The van der Waals surface area contributed by atoms with Crippen LogP contribution in [-0.4, -0.2) is 36.3 Å². The molecule has 36 heavy (non-hydrogen) atoms. The Hall–Kier alpha value is -4.43. The van der Waals surface area contributed by atoms with Gasteiger partial charge in [0.25, 0.3) is 5.91 Å². The molecule has 2 atom stereocenters. The molecular weight excluding hydrogens is 450 g/mol. The standard InChI is InChI=1S/C28H25N7O/c1-3-26(36)33-23-8-17-4-5-18(9-23)27(17)25-7-6-19(12-30-25)24-10-20(22-14-31-34(2)15-22)16-35-28(24)21(11-29)13-32-35/h1,6-7,10,12-18,23,27H,4-5,8-9H2,2H3,(H,33,36). The van der Waals surface area contributed by atoms with Crippen molar-refractivity contribution in [1.29, 1.82) is 5.26 Å². The van der Waals surface area contributed by atoms with Gasteiger partial charge in [0.1, 0.15) is 6.07 Å². The third-order valence-electron chi connectivity index (χ3n) is 7.77. The number of rotatable bonds is 4. The van der Waals surface area contributed by atoms with Crippen LogP contribution in [0.15, 0.2) is 49.2 Å². The van der Waals surface area contributed by atoms with Crippen molar-refractivity contribution in [1.82, 2.24) is 29.7 Å². The lowest BCUT2D eigenvalue weighted by Gasteiger charge is -2.35. The second-order valence-corrected chi connectivity index (χ2v) is 9.89. The highest BCUT2D eigenvalue weighted by Gasteiger charge is 2.44.